The Morgan fingerprint density at radius 2 is 1.70 bits per heavy atom. The fraction of sp³-hybridized carbons (Fsp3) is 0.522. The average molecular weight is 479 g/mol. The highest BCUT2D eigenvalue weighted by Crippen LogP contribution is 2.55. The molecule has 0 atom stereocenters. The second-order valence-electron chi connectivity index (χ2n) is 10.6. The van der Waals surface area contributed by atoms with E-state index in [4.69, 9.17) is 0 Å². The summed E-state index contributed by atoms with van der Waals surface area (Å²) in [5.41, 5.74) is -0.0209. The largest absolute Gasteiger partial charge is 0.323 e. The van der Waals surface area contributed by atoms with Crippen molar-refractivity contribution >= 4 is 31.5 Å². The zero-order valence-corrected chi connectivity index (χ0v) is 20.5. The van der Waals surface area contributed by atoms with Crippen LogP contribution in [-0.4, -0.2) is 49.4 Å². The number of amides is 3. The highest BCUT2D eigenvalue weighted by atomic mass is 28.3. The molecule has 2 aliphatic heterocycles. The summed E-state index contributed by atoms with van der Waals surface area (Å²) in [5, 5.41) is 4.88. The Morgan fingerprint density at radius 3 is 2.27 bits per heavy atom. The van der Waals surface area contributed by atoms with Crippen molar-refractivity contribution in [2.45, 2.75) is 63.3 Å². The van der Waals surface area contributed by atoms with Gasteiger partial charge in [0.2, 0.25) is 5.91 Å². The number of carbonyl (C=O) groups excluding carboxylic acids is 2. The first kappa shape index (κ1) is 23.5. The van der Waals surface area contributed by atoms with Crippen LogP contribution < -0.4 is 10.6 Å². The number of halogens is 3. The lowest BCUT2D eigenvalue weighted by molar-refractivity contribution is -0.125. The van der Waals surface area contributed by atoms with Gasteiger partial charge in [0.25, 0.3) is 0 Å². The van der Waals surface area contributed by atoms with Crippen molar-refractivity contribution < 1.29 is 22.8 Å². The van der Waals surface area contributed by atoms with Gasteiger partial charge in [-0.3, -0.25) is 9.79 Å². The number of carbonyl (C=O) groups is 2. The monoisotopic (exact) mass is 478 g/mol. The lowest BCUT2D eigenvalue weighted by atomic mass is 9.83. The lowest BCUT2D eigenvalue weighted by Gasteiger charge is -2.49. The molecule has 1 aliphatic carbocycles. The molecule has 1 saturated carbocycles. The van der Waals surface area contributed by atoms with Crippen LogP contribution in [0.4, 0.5) is 23.7 Å². The van der Waals surface area contributed by atoms with Crippen molar-refractivity contribution in [3.05, 3.63) is 40.7 Å². The summed E-state index contributed by atoms with van der Waals surface area (Å²) in [5.74, 6) is -3.31. The van der Waals surface area contributed by atoms with E-state index in [1.54, 1.807) is 0 Å². The standard InChI is InChI=1S/C23H29F3N4O2Si/c1-22(2)14-11-27-19(29-20(31)23(9-6-10-23)33(3,4)5)13(14)12-30(22)21(32)28-18-16(25)8-7-15(24)17(18)26/h7-8H,6,9-12H2,1-5H3,(H,28,32)(H,27,29,31). The molecule has 33 heavy (non-hydrogen) atoms. The van der Waals surface area contributed by atoms with E-state index in [1.165, 1.54) is 4.90 Å². The third-order valence-corrected chi connectivity index (χ3v) is 11.2. The maximum Gasteiger partial charge on any atom is 0.323 e. The van der Waals surface area contributed by atoms with E-state index in [1.807, 2.05) is 13.8 Å². The lowest BCUT2D eigenvalue weighted by Crippen LogP contribution is -2.55. The molecule has 1 aromatic rings. The van der Waals surface area contributed by atoms with Crippen LogP contribution >= 0.6 is 0 Å². The summed E-state index contributed by atoms with van der Waals surface area (Å²) in [6.07, 6.45) is 2.78. The molecule has 3 amide bonds. The number of hydrogen-bond acceptors (Lipinski definition) is 3. The molecule has 4 rings (SSSR count). The highest BCUT2D eigenvalue weighted by molar-refractivity contribution is 6.82. The molecule has 0 radical (unpaired) electrons. The summed E-state index contributed by atoms with van der Waals surface area (Å²) in [6, 6.07) is 0.661. The molecule has 0 unspecified atom stereocenters. The number of aliphatic imine (C=N–C) groups is 1. The van der Waals surface area contributed by atoms with Crippen molar-refractivity contribution in [2.75, 3.05) is 18.4 Å². The van der Waals surface area contributed by atoms with Crippen LogP contribution in [0.1, 0.15) is 33.1 Å². The van der Waals surface area contributed by atoms with Crippen molar-refractivity contribution in [1.29, 1.82) is 0 Å². The predicted molar refractivity (Wildman–Crippen MR) is 123 cm³/mol. The van der Waals surface area contributed by atoms with Crippen LogP contribution in [0.3, 0.4) is 0 Å². The maximum absolute atomic E-state index is 14.1. The number of rotatable bonds is 3. The third-order valence-electron chi connectivity index (χ3n) is 7.61. The fourth-order valence-corrected chi connectivity index (χ4v) is 7.67. The molecule has 0 spiro atoms. The van der Waals surface area contributed by atoms with E-state index in [0.29, 0.717) is 18.4 Å². The van der Waals surface area contributed by atoms with Crippen molar-refractivity contribution in [2.24, 2.45) is 4.99 Å². The van der Waals surface area contributed by atoms with Crippen LogP contribution in [-0.2, 0) is 4.79 Å². The Morgan fingerprint density at radius 1 is 1.06 bits per heavy atom. The molecular weight excluding hydrogens is 449 g/mol. The average Bonchev–Trinajstić information content (AvgIpc) is 3.18. The molecule has 1 aromatic carbocycles. The molecule has 2 N–H and O–H groups in total. The summed E-state index contributed by atoms with van der Waals surface area (Å²) in [7, 11) is -1.77. The number of anilines is 1. The van der Waals surface area contributed by atoms with Gasteiger partial charge in [-0.1, -0.05) is 26.1 Å². The van der Waals surface area contributed by atoms with Gasteiger partial charge < -0.3 is 15.5 Å². The van der Waals surface area contributed by atoms with E-state index < -0.39 is 42.8 Å². The Bertz CT molecular complexity index is 1100. The minimum absolute atomic E-state index is 0.00923. The van der Waals surface area contributed by atoms with Crippen molar-refractivity contribution in [1.82, 2.24) is 10.2 Å². The van der Waals surface area contributed by atoms with E-state index in [2.05, 4.69) is 35.3 Å². The van der Waals surface area contributed by atoms with Crippen LogP contribution in [0, 0.1) is 17.5 Å². The Kier molecular flexibility index (Phi) is 5.50. The predicted octanol–water partition coefficient (Wildman–Crippen LogP) is 4.82. The van der Waals surface area contributed by atoms with Gasteiger partial charge in [-0.05, 0) is 44.4 Å². The Labute approximate surface area is 192 Å². The van der Waals surface area contributed by atoms with E-state index in [9.17, 15) is 22.8 Å². The first-order chi connectivity index (χ1) is 15.3. The number of nitrogens with zero attached hydrogens (tertiary/aromatic N) is 2. The number of urea groups is 1. The van der Waals surface area contributed by atoms with Crippen molar-refractivity contribution in [3.8, 4) is 0 Å². The van der Waals surface area contributed by atoms with E-state index in [0.717, 1.165) is 36.5 Å². The molecular formula is C23H29F3N4O2Si. The van der Waals surface area contributed by atoms with Crippen LogP contribution in [0.2, 0.25) is 24.7 Å². The smallest absolute Gasteiger partial charge is 0.311 e. The van der Waals surface area contributed by atoms with Gasteiger partial charge in [-0.25, -0.2) is 18.0 Å². The second-order valence-corrected chi connectivity index (χ2v) is 16.0. The topological polar surface area (TPSA) is 73.8 Å². The quantitative estimate of drug-likeness (QED) is 0.483. The summed E-state index contributed by atoms with van der Waals surface area (Å²) >= 11 is 0. The maximum atomic E-state index is 14.1. The molecule has 0 bridgehead atoms. The van der Waals surface area contributed by atoms with Crippen LogP contribution in [0.15, 0.2) is 28.3 Å². The fourth-order valence-electron chi connectivity index (χ4n) is 5.08. The number of nitrogens with one attached hydrogen (secondary N) is 2. The molecule has 1 fully saturated rings. The van der Waals surface area contributed by atoms with Gasteiger partial charge in [0, 0.05) is 10.6 Å². The first-order valence-corrected chi connectivity index (χ1v) is 14.6. The van der Waals surface area contributed by atoms with Gasteiger partial charge in [-0.15, -0.1) is 0 Å². The molecule has 178 valence electrons. The van der Waals surface area contributed by atoms with E-state index >= 15 is 0 Å². The zero-order valence-electron chi connectivity index (χ0n) is 19.5. The molecule has 0 saturated heterocycles. The van der Waals surface area contributed by atoms with Crippen LogP contribution in [0.5, 0.6) is 0 Å². The molecule has 10 heteroatoms. The van der Waals surface area contributed by atoms with Gasteiger partial charge in [0.1, 0.15) is 17.3 Å². The number of amidine groups is 1. The van der Waals surface area contributed by atoms with Crippen molar-refractivity contribution in [3.63, 3.8) is 0 Å². The summed E-state index contributed by atoms with van der Waals surface area (Å²) in [4.78, 5) is 32.2. The Hall–Kier alpha value is -2.62. The number of benzene rings is 1. The second kappa shape index (κ2) is 7.71. The zero-order chi connectivity index (χ0) is 24.3. The highest BCUT2D eigenvalue weighted by Gasteiger charge is 2.54. The molecule has 0 aromatic heterocycles. The van der Waals surface area contributed by atoms with Gasteiger partial charge in [0.15, 0.2) is 11.6 Å². The molecule has 3 aliphatic rings. The SMILES string of the molecule is CC1(C)C2=C(CN1C(=O)Nc1c(F)ccc(F)c1F)C(NC(=O)C1([Si](C)(C)C)CCC1)=NC2. The summed E-state index contributed by atoms with van der Waals surface area (Å²) in [6.45, 7) is 10.6. The summed E-state index contributed by atoms with van der Waals surface area (Å²) < 4.78 is 41.6. The minimum atomic E-state index is -1.77. The van der Waals surface area contributed by atoms with Gasteiger partial charge in [0.05, 0.1) is 26.7 Å². The Balaban J connectivity index is 1.53. The minimum Gasteiger partial charge on any atom is -0.311 e. The number of hydrogen-bond donors (Lipinski definition) is 2. The van der Waals surface area contributed by atoms with E-state index in [-0.39, 0.29) is 17.5 Å². The molecule has 6 nitrogen and oxygen atoms in total. The van der Waals surface area contributed by atoms with Crippen LogP contribution in [0.25, 0.3) is 0 Å². The third kappa shape index (κ3) is 3.58. The molecule has 2 heterocycles. The first-order valence-electron chi connectivity index (χ1n) is 11.1. The van der Waals surface area contributed by atoms with Gasteiger partial charge >= 0.3 is 6.03 Å². The van der Waals surface area contributed by atoms with Gasteiger partial charge in [-0.2, -0.15) is 0 Å². The normalized spacial score (nSPS) is 20.8.